The average Bonchev–Trinajstić information content (AvgIpc) is 3.28. The van der Waals surface area contributed by atoms with Crippen molar-refractivity contribution in [1.82, 2.24) is 15.2 Å². The van der Waals surface area contributed by atoms with Gasteiger partial charge < -0.3 is 5.32 Å². The highest BCUT2D eigenvalue weighted by Crippen LogP contribution is 2.23. The Kier molecular flexibility index (Phi) is 6.70. The summed E-state index contributed by atoms with van der Waals surface area (Å²) < 4.78 is 0. The van der Waals surface area contributed by atoms with Crippen LogP contribution < -0.4 is 10.6 Å². The molecule has 1 unspecified atom stereocenters. The number of hydrogen-bond acceptors (Lipinski definition) is 5. The van der Waals surface area contributed by atoms with Crippen LogP contribution in [0.2, 0.25) is 10.0 Å². The normalized spacial score (nSPS) is 17.1. The molecule has 2 N–H and O–H groups in total. The number of likely N-dealkylation sites (N-methyl/N-ethyl adjacent to an activating group) is 1. The number of aromatic nitrogens is 1. The number of anilines is 1. The molecule has 2 amide bonds. The second-order valence-corrected chi connectivity index (χ2v) is 7.95. The summed E-state index contributed by atoms with van der Waals surface area (Å²) >= 11 is 13.1. The van der Waals surface area contributed by atoms with Crippen molar-refractivity contribution in [2.75, 3.05) is 25.0 Å². The lowest BCUT2D eigenvalue weighted by atomic mass is 10.2. The lowest BCUT2D eigenvalue weighted by Gasteiger charge is -2.22. The zero-order valence-corrected chi connectivity index (χ0v) is 17.1. The summed E-state index contributed by atoms with van der Waals surface area (Å²) in [6, 6.07) is 5.01. The van der Waals surface area contributed by atoms with Crippen LogP contribution >= 0.6 is 34.5 Å². The van der Waals surface area contributed by atoms with E-state index in [9.17, 15) is 9.59 Å². The van der Waals surface area contributed by atoms with Gasteiger partial charge in [-0.05, 0) is 44.1 Å². The van der Waals surface area contributed by atoms with Gasteiger partial charge in [0.2, 0.25) is 0 Å². The minimum Gasteiger partial charge on any atom is -0.349 e. The Hall–Kier alpha value is -1.67. The fourth-order valence-corrected chi connectivity index (χ4v) is 4.30. The quantitative estimate of drug-likeness (QED) is 0.733. The third-order valence-electron chi connectivity index (χ3n) is 4.54. The minimum absolute atomic E-state index is 0.237. The molecule has 1 fully saturated rings. The number of likely N-dealkylation sites (tertiary alicyclic amines) is 1. The molecule has 1 aliphatic heterocycles. The van der Waals surface area contributed by atoms with Crippen molar-refractivity contribution >= 4 is 51.5 Å². The number of rotatable bonds is 6. The van der Waals surface area contributed by atoms with Gasteiger partial charge in [-0.1, -0.05) is 30.1 Å². The number of amides is 2. The third-order valence-corrected chi connectivity index (χ3v) is 5.84. The fraction of sp³-hybridized carbons (Fsp3) is 0.389. The average molecular weight is 427 g/mol. The Morgan fingerprint density at radius 2 is 2.15 bits per heavy atom. The summed E-state index contributed by atoms with van der Waals surface area (Å²) in [5.41, 5.74) is 0.585. The zero-order chi connectivity index (χ0) is 19.4. The van der Waals surface area contributed by atoms with Crippen molar-refractivity contribution in [1.29, 1.82) is 0 Å². The van der Waals surface area contributed by atoms with Crippen molar-refractivity contribution in [3.8, 4) is 0 Å². The second kappa shape index (κ2) is 9.01. The van der Waals surface area contributed by atoms with Crippen LogP contribution in [0.25, 0.3) is 0 Å². The van der Waals surface area contributed by atoms with Crippen molar-refractivity contribution < 1.29 is 9.59 Å². The van der Waals surface area contributed by atoms with Crippen LogP contribution in [0, 0.1) is 0 Å². The monoisotopic (exact) mass is 426 g/mol. The maximum atomic E-state index is 12.3. The first-order valence-electron chi connectivity index (χ1n) is 8.72. The number of thiazole rings is 1. The SMILES string of the molecule is CCN1CCCC1CNC(=O)c1csc(NC(=O)c2ccc(Cl)cc2Cl)n1. The Morgan fingerprint density at radius 1 is 1.33 bits per heavy atom. The second-order valence-electron chi connectivity index (χ2n) is 6.25. The molecular weight excluding hydrogens is 407 g/mol. The van der Waals surface area contributed by atoms with Crippen molar-refractivity contribution in [3.63, 3.8) is 0 Å². The van der Waals surface area contributed by atoms with Gasteiger partial charge in [-0.25, -0.2) is 4.98 Å². The summed E-state index contributed by atoms with van der Waals surface area (Å²) in [7, 11) is 0. The summed E-state index contributed by atoms with van der Waals surface area (Å²) in [6.45, 7) is 4.80. The van der Waals surface area contributed by atoms with E-state index in [0.29, 0.717) is 34.0 Å². The maximum absolute atomic E-state index is 12.3. The summed E-state index contributed by atoms with van der Waals surface area (Å²) in [5.74, 6) is -0.637. The third kappa shape index (κ3) is 4.99. The lowest BCUT2D eigenvalue weighted by Crippen LogP contribution is -2.40. The van der Waals surface area contributed by atoms with Crippen molar-refractivity contribution in [2.45, 2.75) is 25.8 Å². The van der Waals surface area contributed by atoms with Gasteiger partial charge in [-0.2, -0.15) is 0 Å². The number of halogens is 2. The smallest absolute Gasteiger partial charge is 0.270 e. The molecule has 3 rings (SSSR count). The van der Waals surface area contributed by atoms with Gasteiger partial charge in [0.15, 0.2) is 5.13 Å². The van der Waals surface area contributed by atoms with Gasteiger partial charge in [0.05, 0.1) is 10.6 Å². The predicted octanol–water partition coefficient (Wildman–Crippen LogP) is 3.92. The molecule has 1 saturated heterocycles. The van der Waals surface area contributed by atoms with E-state index in [-0.39, 0.29) is 10.9 Å². The molecule has 0 aliphatic carbocycles. The van der Waals surface area contributed by atoms with Crippen LogP contribution in [0.5, 0.6) is 0 Å². The number of nitrogens with zero attached hydrogens (tertiary/aromatic N) is 2. The van der Waals surface area contributed by atoms with Gasteiger partial charge in [-0.3, -0.25) is 19.8 Å². The Labute approximate surface area is 171 Å². The Balaban J connectivity index is 1.57. The zero-order valence-electron chi connectivity index (χ0n) is 14.8. The van der Waals surface area contributed by atoms with Crippen LogP contribution in [0.1, 0.15) is 40.6 Å². The standard InChI is InChI=1S/C18H20Cl2N4O2S/c1-2-24-7-3-4-12(24)9-21-17(26)15-10-27-18(22-15)23-16(25)13-6-5-11(19)8-14(13)20/h5-6,8,10,12H,2-4,7,9H2,1H3,(H,21,26)(H,22,23,25). The molecule has 2 heterocycles. The van der Waals surface area contributed by atoms with E-state index in [1.54, 1.807) is 17.5 Å². The molecular formula is C18H20Cl2N4O2S. The number of carbonyl (C=O) groups excluding carboxylic acids is 2. The Bertz CT molecular complexity index is 843. The summed E-state index contributed by atoms with van der Waals surface area (Å²) in [4.78, 5) is 31.2. The van der Waals surface area contributed by atoms with Crippen LogP contribution in [-0.4, -0.2) is 47.4 Å². The predicted molar refractivity (Wildman–Crippen MR) is 109 cm³/mol. The molecule has 1 aromatic heterocycles. The fourth-order valence-electron chi connectivity index (χ4n) is 3.12. The molecule has 1 aliphatic rings. The van der Waals surface area contributed by atoms with E-state index < -0.39 is 5.91 Å². The van der Waals surface area contributed by atoms with E-state index in [4.69, 9.17) is 23.2 Å². The molecule has 1 atom stereocenters. The molecule has 0 spiro atoms. The van der Waals surface area contributed by atoms with E-state index >= 15 is 0 Å². The number of benzene rings is 1. The molecule has 0 bridgehead atoms. The number of nitrogens with one attached hydrogen (secondary N) is 2. The lowest BCUT2D eigenvalue weighted by molar-refractivity contribution is 0.0936. The topological polar surface area (TPSA) is 74.3 Å². The number of carbonyl (C=O) groups is 2. The van der Waals surface area contributed by atoms with Gasteiger partial charge in [0.1, 0.15) is 5.69 Å². The van der Waals surface area contributed by atoms with Crippen LogP contribution in [-0.2, 0) is 0 Å². The summed E-state index contributed by atoms with van der Waals surface area (Å²) in [6.07, 6.45) is 2.25. The molecule has 0 radical (unpaired) electrons. The van der Waals surface area contributed by atoms with Gasteiger partial charge in [0.25, 0.3) is 11.8 Å². The van der Waals surface area contributed by atoms with Crippen LogP contribution in [0.15, 0.2) is 23.6 Å². The maximum Gasteiger partial charge on any atom is 0.270 e. The highest BCUT2D eigenvalue weighted by Gasteiger charge is 2.24. The van der Waals surface area contributed by atoms with E-state index in [0.717, 1.165) is 25.9 Å². The minimum atomic E-state index is -0.400. The molecule has 27 heavy (non-hydrogen) atoms. The largest absolute Gasteiger partial charge is 0.349 e. The molecule has 2 aromatic rings. The van der Waals surface area contributed by atoms with Crippen LogP contribution in [0.3, 0.4) is 0 Å². The van der Waals surface area contributed by atoms with E-state index in [2.05, 4.69) is 27.4 Å². The van der Waals surface area contributed by atoms with Gasteiger partial charge in [-0.15, -0.1) is 11.3 Å². The number of hydrogen-bond donors (Lipinski definition) is 2. The first-order chi connectivity index (χ1) is 13.0. The van der Waals surface area contributed by atoms with E-state index in [1.807, 2.05) is 0 Å². The molecule has 0 saturated carbocycles. The van der Waals surface area contributed by atoms with Crippen LogP contribution in [0.4, 0.5) is 5.13 Å². The van der Waals surface area contributed by atoms with Crippen molar-refractivity contribution in [2.24, 2.45) is 0 Å². The first kappa shape index (κ1) is 20.1. The molecule has 6 nitrogen and oxygen atoms in total. The highest BCUT2D eigenvalue weighted by atomic mass is 35.5. The molecule has 9 heteroatoms. The van der Waals surface area contributed by atoms with E-state index in [1.165, 1.54) is 17.4 Å². The molecule has 144 valence electrons. The Morgan fingerprint density at radius 3 is 2.89 bits per heavy atom. The van der Waals surface area contributed by atoms with Gasteiger partial charge in [0, 0.05) is 23.0 Å². The summed E-state index contributed by atoms with van der Waals surface area (Å²) in [5, 5.41) is 8.27. The highest BCUT2D eigenvalue weighted by molar-refractivity contribution is 7.14. The van der Waals surface area contributed by atoms with Crippen molar-refractivity contribution in [3.05, 3.63) is 44.9 Å². The molecule has 1 aromatic carbocycles. The first-order valence-corrected chi connectivity index (χ1v) is 10.4. The van der Waals surface area contributed by atoms with Gasteiger partial charge >= 0.3 is 0 Å².